The largest absolute Gasteiger partial charge is 0.481 e. The van der Waals surface area contributed by atoms with Gasteiger partial charge in [-0.2, -0.15) is 0 Å². The molecule has 1 fully saturated rings. The molecule has 152 valence electrons. The maximum absolute atomic E-state index is 13.1. The van der Waals surface area contributed by atoms with E-state index < -0.39 is 15.9 Å². The predicted octanol–water partition coefficient (Wildman–Crippen LogP) is 3.53. The number of nitrogens with zero attached hydrogens (tertiary/aromatic N) is 1. The Morgan fingerprint density at radius 2 is 2.04 bits per heavy atom. The Morgan fingerprint density at radius 3 is 2.57 bits per heavy atom. The minimum atomic E-state index is -3.13. The van der Waals surface area contributed by atoms with Crippen molar-refractivity contribution in [3.63, 3.8) is 0 Å². The van der Waals surface area contributed by atoms with E-state index in [1.54, 1.807) is 36.1 Å². The molecule has 1 amide bonds. The zero-order chi connectivity index (χ0) is 20.5. The molecule has 28 heavy (non-hydrogen) atoms. The number of hydrogen-bond donors (Lipinski definition) is 0. The number of amides is 1. The van der Waals surface area contributed by atoms with Gasteiger partial charge in [0.15, 0.2) is 15.9 Å². The molecule has 0 unspecified atom stereocenters. The van der Waals surface area contributed by atoms with E-state index in [0.717, 1.165) is 11.1 Å². The van der Waals surface area contributed by atoms with Crippen LogP contribution in [-0.4, -0.2) is 42.9 Å². The summed E-state index contributed by atoms with van der Waals surface area (Å²) in [5.74, 6) is 0.930. The van der Waals surface area contributed by atoms with Crippen LogP contribution >= 0.6 is 11.6 Å². The Hall–Kier alpha value is -1.99. The molecular weight excluding hydrogens is 402 g/mol. The second-order valence-electron chi connectivity index (χ2n) is 7.23. The van der Waals surface area contributed by atoms with E-state index in [2.05, 4.69) is 0 Å². The first kappa shape index (κ1) is 20.7. The summed E-state index contributed by atoms with van der Waals surface area (Å²) >= 11 is 6.19. The molecule has 0 saturated carbocycles. The smallest absolute Gasteiger partial charge is 0.264 e. The summed E-state index contributed by atoms with van der Waals surface area (Å²) in [4.78, 5) is 14.7. The van der Waals surface area contributed by atoms with Crippen molar-refractivity contribution in [3.8, 4) is 5.75 Å². The monoisotopic (exact) mass is 425 g/mol. The molecule has 1 aromatic heterocycles. The molecule has 8 heteroatoms. The number of carbonyl (C=O) groups is 1. The fourth-order valence-electron chi connectivity index (χ4n) is 3.44. The van der Waals surface area contributed by atoms with Crippen LogP contribution in [0.4, 0.5) is 0 Å². The van der Waals surface area contributed by atoms with E-state index in [9.17, 15) is 13.2 Å². The van der Waals surface area contributed by atoms with Crippen molar-refractivity contribution in [2.24, 2.45) is 0 Å². The molecule has 1 aromatic carbocycles. The molecule has 0 N–H and O–H groups in total. The summed E-state index contributed by atoms with van der Waals surface area (Å²) < 4.78 is 35.1. The lowest BCUT2D eigenvalue weighted by molar-refractivity contribution is -0.140. The summed E-state index contributed by atoms with van der Waals surface area (Å²) in [7, 11) is -3.13. The summed E-state index contributed by atoms with van der Waals surface area (Å²) in [6.07, 6.45) is 1.17. The van der Waals surface area contributed by atoms with Gasteiger partial charge in [-0.3, -0.25) is 4.79 Å². The van der Waals surface area contributed by atoms with Crippen molar-refractivity contribution in [3.05, 3.63) is 52.4 Å². The first-order valence-electron chi connectivity index (χ1n) is 9.13. The number of benzene rings is 1. The number of carbonyl (C=O) groups excluding carboxylic acids is 1. The Balaban J connectivity index is 1.79. The van der Waals surface area contributed by atoms with Gasteiger partial charge in [0.25, 0.3) is 5.91 Å². The van der Waals surface area contributed by atoms with Gasteiger partial charge in [0, 0.05) is 11.1 Å². The lowest BCUT2D eigenvalue weighted by atomic mass is 10.1. The fraction of sp³-hybridized carbons (Fsp3) is 0.450. The summed E-state index contributed by atoms with van der Waals surface area (Å²) in [5, 5.41) is 0.668. The van der Waals surface area contributed by atoms with Gasteiger partial charge in [-0.05, 0) is 62.6 Å². The highest BCUT2D eigenvalue weighted by atomic mass is 35.5. The third kappa shape index (κ3) is 4.70. The molecular formula is C20H24ClNO5S. The highest BCUT2D eigenvalue weighted by Crippen LogP contribution is 2.27. The molecule has 1 aliphatic heterocycles. The number of aryl methyl sites for hydroxylation is 2. The zero-order valence-electron chi connectivity index (χ0n) is 16.1. The molecule has 3 rings (SSSR count). The fourth-order valence-corrected chi connectivity index (χ4v) is 5.28. The van der Waals surface area contributed by atoms with Crippen LogP contribution in [-0.2, 0) is 21.2 Å². The van der Waals surface area contributed by atoms with Crippen molar-refractivity contribution in [2.75, 3.05) is 11.5 Å². The van der Waals surface area contributed by atoms with Crippen LogP contribution in [0, 0.1) is 13.8 Å². The molecule has 2 aromatic rings. The van der Waals surface area contributed by atoms with Crippen LogP contribution in [0.1, 0.15) is 30.2 Å². The normalized spacial score (nSPS) is 19.4. The van der Waals surface area contributed by atoms with Crippen molar-refractivity contribution < 1.29 is 22.4 Å². The lowest BCUT2D eigenvalue weighted by Crippen LogP contribution is -2.46. The highest BCUT2D eigenvalue weighted by molar-refractivity contribution is 7.91. The molecule has 2 heterocycles. The topological polar surface area (TPSA) is 76.8 Å². The highest BCUT2D eigenvalue weighted by Gasteiger charge is 2.37. The van der Waals surface area contributed by atoms with Gasteiger partial charge in [-0.25, -0.2) is 8.42 Å². The number of halogens is 1. The van der Waals surface area contributed by atoms with Gasteiger partial charge in [0.2, 0.25) is 0 Å². The standard InChI is InChI=1S/C20H24ClNO5S/c1-13-9-18(10-14(2)19(13)21)27-15(3)20(23)22(11-17-5-4-7-26-17)16-6-8-28(24,25)12-16/h4-5,7,9-10,15-16H,6,8,11-12H2,1-3H3/t15-,16+/m0/s1. The summed E-state index contributed by atoms with van der Waals surface area (Å²) in [5.41, 5.74) is 1.73. The van der Waals surface area contributed by atoms with E-state index in [-0.39, 0.29) is 30.0 Å². The van der Waals surface area contributed by atoms with Gasteiger partial charge >= 0.3 is 0 Å². The first-order valence-corrected chi connectivity index (χ1v) is 11.3. The maximum atomic E-state index is 13.1. The van der Waals surface area contributed by atoms with Crippen LogP contribution in [0.3, 0.4) is 0 Å². The molecule has 1 saturated heterocycles. The van der Waals surface area contributed by atoms with Gasteiger partial charge in [-0.1, -0.05) is 11.6 Å². The van der Waals surface area contributed by atoms with Crippen LogP contribution in [0.25, 0.3) is 0 Å². The van der Waals surface area contributed by atoms with Crippen LogP contribution in [0.15, 0.2) is 34.9 Å². The van der Waals surface area contributed by atoms with Gasteiger partial charge in [-0.15, -0.1) is 0 Å². The Labute approximate surface area is 170 Å². The quantitative estimate of drug-likeness (QED) is 0.707. The van der Waals surface area contributed by atoms with Gasteiger partial charge < -0.3 is 14.1 Å². The van der Waals surface area contributed by atoms with E-state index in [4.69, 9.17) is 20.8 Å². The van der Waals surface area contributed by atoms with Gasteiger partial charge in [0.1, 0.15) is 11.5 Å². The number of sulfone groups is 1. The van der Waals surface area contributed by atoms with Crippen molar-refractivity contribution in [2.45, 2.75) is 45.9 Å². The Morgan fingerprint density at radius 1 is 1.36 bits per heavy atom. The Kier molecular flexibility index (Phi) is 6.05. The van der Waals surface area contributed by atoms with Crippen molar-refractivity contribution in [1.29, 1.82) is 0 Å². The molecule has 0 spiro atoms. The average Bonchev–Trinajstić information content (AvgIpc) is 3.26. The SMILES string of the molecule is Cc1cc(O[C@@H](C)C(=O)N(Cc2ccco2)[C@@H]2CCS(=O)(=O)C2)cc(C)c1Cl. The maximum Gasteiger partial charge on any atom is 0.264 e. The van der Waals surface area contributed by atoms with E-state index >= 15 is 0 Å². The van der Waals surface area contributed by atoms with E-state index in [1.165, 1.54) is 6.26 Å². The average molecular weight is 426 g/mol. The van der Waals surface area contributed by atoms with E-state index in [0.29, 0.717) is 23.0 Å². The molecule has 6 nitrogen and oxygen atoms in total. The molecule has 2 atom stereocenters. The number of rotatable bonds is 6. The minimum Gasteiger partial charge on any atom is -0.481 e. The van der Waals surface area contributed by atoms with Crippen molar-refractivity contribution >= 4 is 27.3 Å². The second kappa shape index (κ2) is 8.17. The molecule has 0 bridgehead atoms. The van der Waals surface area contributed by atoms with Gasteiger partial charge in [0.05, 0.1) is 24.3 Å². The predicted molar refractivity (Wildman–Crippen MR) is 107 cm³/mol. The molecule has 0 radical (unpaired) electrons. The van der Waals surface area contributed by atoms with Crippen molar-refractivity contribution in [1.82, 2.24) is 4.90 Å². The lowest BCUT2D eigenvalue weighted by Gasteiger charge is -2.30. The van der Waals surface area contributed by atoms with Crippen LogP contribution in [0.2, 0.25) is 5.02 Å². The minimum absolute atomic E-state index is 0.0364. The van der Waals surface area contributed by atoms with E-state index in [1.807, 2.05) is 13.8 Å². The second-order valence-corrected chi connectivity index (χ2v) is 9.84. The van der Waals surface area contributed by atoms with Crippen LogP contribution < -0.4 is 4.74 Å². The number of furan rings is 1. The summed E-state index contributed by atoms with van der Waals surface area (Å²) in [6, 6.07) is 6.69. The number of hydrogen-bond acceptors (Lipinski definition) is 5. The molecule has 0 aliphatic carbocycles. The first-order chi connectivity index (χ1) is 13.2. The summed E-state index contributed by atoms with van der Waals surface area (Å²) in [6.45, 7) is 5.63. The zero-order valence-corrected chi connectivity index (χ0v) is 17.7. The Bertz CT molecular complexity index is 932. The van der Waals surface area contributed by atoms with Crippen LogP contribution in [0.5, 0.6) is 5.75 Å². The number of ether oxygens (including phenoxy) is 1. The third-order valence-electron chi connectivity index (χ3n) is 4.91. The molecule has 1 aliphatic rings. The third-order valence-corrected chi connectivity index (χ3v) is 7.26.